The lowest BCUT2D eigenvalue weighted by Crippen LogP contribution is -2.27. The lowest BCUT2D eigenvalue weighted by molar-refractivity contribution is 0.0601. The van der Waals surface area contributed by atoms with Crippen LogP contribution in [-0.2, 0) is 17.7 Å². The van der Waals surface area contributed by atoms with Gasteiger partial charge < -0.3 is 15.0 Å². The molecule has 2 aromatic carbocycles. The van der Waals surface area contributed by atoms with Gasteiger partial charge in [-0.05, 0) is 48.4 Å². The van der Waals surface area contributed by atoms with Crippen LogP contribution in [0.25, 0.3) is 22.2 Å². The smallest absolute Gasteiger partial charge is 0.337 e. The molecule has 0 radical (unpaired) electrons. The van der Waals surface area contributed by atoms with Gasteiger partial charge in [-0.25, -0.2) is 4.79 Å². The van der Waals surface area contributed by atoms with Crippen molar-refractivity contribution in [3.8, 4) is 11.3 Å². The zero-order valence-corrected chi connectivity index (χ0v) is 17.0. The summed E-state index contributed by atoms with van der Waals surface area (Å²) in [6, 6.07) is 14.8. The molecule has 29 heavy (non-hydrogen) atoms. The lowest BCUT2D eigenvalue weighted by Gasteiger charge is -2.24. The van der Waals surface area contributed by atoms with Crippen molar-refractivity contribution in [3.63, 3.8) is 0 Å². The zero-order valence-electron chi connectivity index (χ0n) is 17.0. The number of fused-ring (bicyclic) bond motifs is 5. The first-order chi connectivity index (χ1) is 14.2. The van der Waals surface area contributed by atoms with Gasteiger partial charge in [-0.3, -0.25) is 0 Å². The first-order valence-electron chi connectivity index (χ1n) is 10.8. The van der Waals surface area contributed by atoms with Gasteiger partial charge in [-0.2, -0.15) is 0 Å². The standard InChI is InChI=1S/C25H28N2O2/c1-29-25(28)18-11-12-21-22(14-18)27-15-19(26)13-17-9-5-6-10-20(17)24(27)23(21)16-7-3-2-4-8-16/h5-6,9-12,14,16,19H,2-4,7-8,13,15,26H2,1H3. The van der Waals surface area contributed by atoms with E-state index in [2.05, 4.69) is 34.9 Å². The van der Waals surface area contributed by atoms with Gasteiger partial charge in [0, 0.05) is 29.1 Å². The van der Waals surface area contributed by atoms with E-state index in [-0.39, 0.29) is 12.0 Å². The number of carbonyl (C=O) groups excluding carboxylic acids is 1. The molecule has 2 N–H and O–H groups in total. The molecule has 0 saturated heterocycles. The van der Waals surface area contributed by atoms with Crippen molar-refractivity contribution in [1.29, 1.82) is 0 Å². The molecule has 0 amide bonds. The number of hydrogen-bond donors (Lipinski definition) is 1. The highest BCUT2D eigenvalue weighted by Crippen LogP contribution is 2.46. The topological polar surface area (TPSA) is 57.2 Å². The van der Waals surface area contributed by atoms with Crippen LogP contribution in [0.15, 0.2) is 42.5 Å². The summed E-state index contributed by atoms with van der Waals surface area (Å²) < 4.78 is 7.36. The van der Waals surface area contributed by atoms with Crippen molar-refractivity contribution in [3.05, 3.63) is 59.2 Å². The molecule has 1 fully saturated rings. The van der Waals surface area contributed by atoms with E-state index in [1.807, 2.05) is 12.1 Å². The summed E-state index contributed by atoms with van der Waals surface area (Å²) in [7, 11) is 1.44. The number of rotatable bonds is 2. The number of nitrogens with zero attached hydrogens (tertiary/aromatic N) is 1. The van der Waals surface area contributed by atoms with Crippen molar-refractivity contribution in [1.82, 2.24) is 4.57 Å². The van der Waals surface area contributed by atoms with Gasteiger partial charge in [0.1, 0.15) is 0 Å². The summed E-state index contributed by atoms with van der Waals surface area (Å²) in [5, 5.41) is 1.27. The first-order valence-corrected chi connectivity index (χ1v) is 10.8. The number of benzene rings is 2. The molecule has 1 aromatic heterocycles. The number of esters is 1. The number of nitrogens with two attached hydrogens (primary N) is 1. The predicted octanol–water partition coefficient (Wildman–Crippen LogP) is 5.03. The van der Waals surface area contributed by atoms with Gasteiger partial charge in [0.2, 0.25) is 0 Å². The predicted molar refractivity (Wildman–Crippen MR) is 116 cm³/mol. The fourth-order valence-electron chi connectivity index (χ4n) is 5.42. The van der Waals surface area contributed by atoms with E-state index in [4.69, 9.17) is 10.5 Å². The highest BCUT2D eigenvalue weighted by Gasteiger charge is 2.30. The minimum Gasteiger partial charge on any atom is -0.465 e. The molecule has 4 heteroatoms. The van der Waals surface area contributed by atoms with Crippen LogP contribution in [0.4, 0.5) is 0 Å². The summed E-state index contributed by atoms with van der Waals surface area (Å²) in [5.74, 6) is 0.272. The van der Waals surface area contributed by atoms with Crippen LogP contribution < -0.4 is 5.73 Å². The quantitative estimate of drug-likeness (QED) is 0.627. The van der Waals surface area contributed by atoms with Crippen molar-refractivity contribution >= 4 is 16.9 Å². The third kappa shape index (κ3) is 3.06. The molecule has 150 valence electrons. The van der Waals surface area contributed by atoms with Crippen molar-refractivity contribution in [2.24, 2.45) is 5.73 Å². The van der Waals surface area contributed by atoms with E-state index in [0.29, 0.717) is 11.5 Å². The largest absolute Gasteiger partial charge is 0.465 e. The van der Waals surface area contributed by atoms with Crippen LogP contribution in [0.3, 0.4) is 0 Å². The summed E-state index contributed by atoms with van der Waals surface area (Å²) in [4.78, 5) is 12.2. The minimum atomic E-state index is -0.292. The molecule has 1 saturated carbocycles. The summed E-state index contributed by atoms with van der Waals surface area (Å²) >= 11 is 0. The average molecular weight is 389 g/mol. The van der Waals surface area contributed by atoms with E-state index in [9.17, 15) is 4.79 Å². The summed E-state index contributed by atoms with van der Waals surface area (Å²) in [6.45, 7) is 0.762. The Morgan fingerprint density at radius 2 is 1.90 bits per heavy atom. The van der Waals surface area contributed by atoms with Gasteiger partial charge in [-0.1, -0.05) is 49.6 Å². The van der Waals surface area contributed by atoms with Crippen LogP contribution in [-0.4, -0.2) is 23.7 Å². The van der Waals surface area contributed by atoms with Crippen molar-refractivity contribution < 1.29 is 9.53 Å². The maximum Gasteiger partial charge on any atom is 0.337 e. The van der Waals surface area contributed by atoms with Crippen LogP contribution in [0.1, 0.15) is 59.5 Å². The lowest BCUT2D eigenvalue weighted by atomic mass is 9.81. The Morgan fingerprint density at radius 3 is 2.69 bits per heavy atom. The van der Waals surface area contributed by atoms with Crippen molar-refractivity contribution in [2.45, 2.75) is 57.0 Å². The third-order valence-electron chi connectivity index (χ3n) is 6.71. The second-order valence-electron chi connectivity index (χ2n) is 8.55. The Bertz CT molecular complexity index is 1080. The molecule has 4 nitrogen and oxygen atoms in total. The maximum absolute atomic E-state index is 12.2. The fourth-order valence-corrected chi connectivity index (χ4v) is 5.42. The fraction of sp³-hybridized carbons (Fsp3) is 0.400. The third-order valence-corrected chi connectivity index (χ3v) is 6.71. The number of hydrogen-bond acceptors (Lipinski definition) is 3. The molecule has 1 aliphatic heterocycles. The van der Waals surface area contributed by atoms with E-state index < -0.39 is 0 Å². The summed E-state index contributed by atoms with van der Waals surface area (Å²) in [5.41, 5.74) is 13.7. The number of ether oxygens (including phenoxy) is 1. The van der Waals surface area contributed by atoms with Gasteiger partial charge in [0.25, 0.3) is 0 Å². The number of carbonyl (C=O) groups is 1. The molecule has 1 atom stereocenters. The Labute approximate surface area is 171 Å². The van der Waals surface area contributed by atoms with E-state index >= 15 is 0 Å². The van der Waals surface area contributed by atoms with Gasteiger partial charge in [0.05, 0.1) is 18.4 Å². The van der Waals surface area contributed by atoms with Crippen molar-refractivity contribution in [2.75, 3.05) is 7.11 Å². The number of methoxy groups -OCH3 is 1. The Hall–Kier alpha value is -2.59. The van der Waals surface area contributed by atoms with Crippen LogP contribution in [0.2, 0.25) is 0 Å². The van der Waals surface area contributed by atoms with Crippen LogP contribution in [0.5, 0.6) is 0 Å². The Balaban J connectivity index is 1.83. The van der Waals surface area contributed by atoms with Gasteiger partial charge in [-0.15, -0.1) is 0 Å². The van der Waals surface area contributed by atoms with E-state index in [1.54, 1.807) is 0 Å². The highest BCUT2D eigenvalue weighted by molar-refractivity contribution is 5.99. The van der Waals surface area contributed by atoms with Crippen LogP contribution >= 0.6 is 0 Å². The Kier molecular flexibility index (Phi) is 4.67. The maximum atomic E-state index is 12.2. The van der Waals surface area contributed by atoms with Crippen LogP contribution in [0, 0.1) is 0 Å². The molecule has 5 rings (SSSR count). The van der Waals surface area contributed by atoms with Gasteiger partial charge in [0.15, 0.2) is 0 Å². The second-order valence-corrected chi connectivity index (χ2v) is 8.55. The first kappa shape index (κ1) is 18.4. The average Bonchev–Trinajstić information content (AvgIpc) is 2.98. The molecular weight excluding hydrogens is 360 g/mol. The SMILES string of the molecule is COC(=O)c1ccc2c(C3CCCCC3)c3n(c2c1)CC(N)Cc1ccccc1-3. The minimum absolute atomic E-state index is 0.0500. The molecule has 1 aliphatic carbocycles. The molecular formula is C25H28N2O2. The highest BCUT2D eigenvalue weighted by atomic mass is 16.5. The summed E-state index contributed by atoms with van der Waals surface area (Å²) in [6.07, 6.45) is 7.26. The second kappa shape index (κ2) is 7.34. The molecule has 1 unspecified atom stereocenters. The normalized spacial score (nSPS) is 19.4. The Morgan fingerprint density at radius 1 is 1.10 bits per heavy atom. The molecule has 0 spiro atoms. The zero-order chi connectivity index (χ0) is 20.0. The van der Waals surface area contributed by atoms with E-state index in [1.165, 1.54) is 67.0 Å². The van der Waals surface area contributed by atoms with E-state index in [0.717, 1.165) is 18.5 Å². The molecule has 3 aromatic rings. The monoisotopic (exact) mass is 388 g/mol. The molecule has 2 aliphatic rings. The molecule has 2 heterocycles. The van der Waals surface area contributed by atoms with Gasteiger partial charge >= 0.3 is 5.97 Å². The number of aromatic nitrogens is 1. The molecule has 0 bridgehead atoms.